The van der Waals surface area contributed by atoms with Crippen LogP contribution in [0.4, 0.5) is 0 Å². The van der Waals surface area contributed by atoms with Crippen LogP contribution in [0.2, 0.25) is 0 Å². The number of benzene rings is 1. The maximum Gasteiger partial charge on any atom is 0.0792 e. The van der Waals surface area contributed by atoms with Crippen molar-refractivity contribution in [1.82, 2.24) is 0 Å². The zero-order valence-corrected chi connectivity index (χ0v) is 8.96. The zero-order valence-electron chi connectivity index (χ0n) is 8.96. The van der Waals surface area contributed by atoms with Crippen molar-refractivity contribution in [3.8, 4) is 0 Å². The van der Waals surface area contributed by atoms with Gasteiger partial charge in [-0.15, -0.1) is 0 Å². The fourth-order valence-corrected chi connectivity index (χ4v) is 2.15. The first kappa shape index (κ1) is 9.72. The first-order valence-electron chi connectivity index (χ1n) is 5.49. The monoisotopic (exact) mass is 190 g/mol. The number of aliphatic hydroxyl groups excluding tert-OH is 1. The highest BCUT2D eigenvalue weighted by Gasteiger charge is 2.18. The molecule has 1 aromatic carbocycles. The van der Waals surface area contributed by atoms with Gasteiger partial charge < -0.3 is 5.11 Å². The Kier molecular flexibility index (Phi) is 2.60. The lowest BCUT2D eigenvalue weighted by Gasteiger charge is -2.22. The van der Waals surface area contributed by atoms with Crippen LogP contribution in [0.1, 0.15) is 55.4 Å². The molecule has 0 radical (unpaired) electrons. The highest BCUT2D eigenvalue weighted by atomic mass is 16.3. The van der Waals surface area contributed by atoms with Crippen molar-refractivity contribution in [1.29, 1.82) is 0 Å². The van der Waals surface area contributed by atoms with Gasteiger partial charge in [0.25, 0.3) is 0 Å². The number of fused-ring (bicyclic) bond motifs is 1. The Labute approximate surface area is 85.8 Å². The second-order valence-corrected chi connectivity index (χ2v) is 4.52. The van der Waals surface area contributed by atoms with E-state index >= 15 is 0 Å². The van der Waals surface area contributed by atoms with Crippen molar-refractivity contribution in [3.63, 3.8) is 0 Å². The molecule has 1 aromatic rings. The number of aliphatic hydroxyl groups is 1. The van der Waals surface area contributed by atoms with Gasteiger partial charge in [-0.2, -0.15) is 0 Å². The largest absolute Gasteiger partial charge is 0.388 e. The van der Waals surface area contributed by atoms with Crippen LogP contribution in [0.5, 0.6) is 0 Å². The molecule has 2 rings (SSSR count). The molecule has 0 amide bonds. The third-order valence-electron chi connectivity index (χ3n) is 3.12. The zero-order chi connectivity index (χ0) is 10.1. The van der Waals surface area contributed by atoms with Crippen molar-refractivity contribution in [2.24, 2.45) is 0 Å². The van der Waals surface area contributed by atoms with E-state index in [4.69, 9.17) is 0 Å². The van der Waals surface area contributed by atoms with E-state index in [1.807, 2.05) is 0 Å². The topological polar surface area (TPSA) is 20.2 Å². The molecule has 0 spiro atoms. The molecule has 0 aliphatic heterocycles. The molecular weight excluding hydrogens is 172 g/mol. The van der Waals surface area contributed by atoms with Gasteiger partial charge in [0.05, 0.1) is 6.10 Å². The standard InChI is InChI=1S/C13H18O/c1-9(2)11-7-6-10-4-3-5-13(14)12(10)8-11/h6-9,13-14H,3-5H2,1-2H3/t13-/m0/s1. The molecule has 1 nitrogen and oxygen atoms in total. The number of aryl methyl sites for hydroxylation is 1. The Balaban J connectivity index is 2.41. The lowest BCUT2D eigenvalue weighted by molar-refractivity contribution is 0.156. The summed E-state index contributed by atoms with van der Waals surface area (Å²) < 4.78 is 0. The minimum absolute atomic E-state index is 0.225. The van der Waals surface area contributed by atoms with Gasteiger partial charge in [0.15, 0.2) is 0 Å². The summed E-state index contributed by atoms with van der Waals surface area (Å²) in [5.41, 5.74) is 3.85. The average molecular weight is 190 g/mol. The summed E-state index contributed by atoms with van der Waals surface area (Å²) in [4.78, 5) is 0. The van der Waals surface area contributed by atoms with E-state index in [2.05, 4.69) is 32.0 Å². The molecule has 0 aromatic heterocycles. The Morgan fingerprint density at radius 1 is 1.36 bits per heavy atom. The van der Waals surface area contributed by atoms with Crippen molar-refractivity contribution < 1.29 is 5.11 Å². The third-order valence-corrected chi connectivity index (χ3v) is 3.12. The quantitative estimate of drug-likeness (QED) is 0.721. The van der Waals surface area contributed by atoms with Gasteiger partial charge in [0.1, 0.15) is 0 Å². The molecule has 0 bridgehead atoms. The van der Waals surface area contributed by atoms with E-state index in [0.717, 1.165) is 19.3 Å². The van der Waals surface area contributed by atoms with Crippen LogP contribution in [0.15, 0.2) is 18.2 Å². The summed E-state index contributed by atoms with van der Waals surface area (Å²) in [6.07, 6.45) is 2.95. The Morgan fingerprint density at radius 3 is 2.86 bits per heavy atom. The summed E-state index contributed by atoms with van der Waals surface area (Å²) in [5.74, 6) is 0.550. The summed E-state index contributed by atoms with van der Waals surface area (Å²) in [7, 11) is 0. The van der Waals surface area contributed by atoms with Crippen LogP contribution in [-0.2, 0) is 6.42 Å². The van der Waals surface area contributed by atoms with Gasteiger partial charge in [-0.3, -0.25) is 0 Å². The molecule has 1 heteroatoms. The molecule has 0 heterocycles. The molecule has 76 valence electrons. The smallest absolute Gasteiger partial charge is 0.0792 e. The molecule has 1 aliphatic rings. The van der Waals surface area contributed by atoms with Crippen molar-refractivity contribution in [2.45, 2.75) is 45.1 Å². The van der Waals surface area contributed by atoms with E-state index in [0.29, 0.717) is 5.92 Å². The van der Waals surface area contributed by atoms with Crippen molar-refractivity contribution >= 4 is 0 Å². The molecule has 0 unspecified atom stereocenters. The number of hydrogen-bond acceptors (Lipinski definition) is 1. The van der Waals surface area contributed by atoms with Gasteiger partial charge >= 0.3 is 0 Å². The normalized spacial score (nSPS) is 21.0. The molecular formula is C13H18O. The molecule has 0 fully saturated rings. The third kappa shape index (κ3) is 1.69. The van der Waals surface area contributed by atoms with E-state index < -0.39 is 0 Å². The minimum Gasteiger partial charge on any atom is -0.388 e. The van der Waals surface area contributed by atoms with Gasteiger partial charge in [-0.1, -0.05) is 32.0 Å². The first-order chi connectivity index (χ1) is 6.68. The number of rotatable bonds is 1. The van der Waals surface area contributed by atoms with E-state index in [9.17, 15) is 5.11 Å². The average Bonchev–Trinajstić information content (AvgIpc) is 2.18. The Hall–Kier alpha value is -0.820. The predicted molar refractivity (Wildman–Crippen MR) is 58.4 cm³/mol. The van der Waals surface area contributed by atoms with E-state index in [1.165, 1.54) is 16.7 Å². The summed E-state index contributed by atoms with van der Waals surface area (Å²) in [5, 5.41) is 9.87. The maximum atomic E-state index is 9.87. The van der Waals surface area contributed by atoms with Gasteiger partial charge in [-0.25, -0.2) is 0 Å². The van der Waals surface area contributed by atoms with E-state index in [-0.39, 0.29) is 6.10 Å². The minimum atomic E-state index is -0.225. The van der Waals surface area contributed by atoms with Gasteiger partial charge in [-0.05, 0) is 41.9 Å². The molecule has 1 atom stereocenters. The van der Waals surface area contributed by atoms with E-state index in [1.54, 1.807) is 0 Å². The predicted octanol–water partition coefficient (Wildman–Crippen LogP) is 3.18. The maximum absolute atomic E-state index is 9.87. The van der Waals surface area contributed by atoms with Crippen LogP contribution in [0, 0.1) is 0 Å². The van der Waals surface area contributed by atoms with Gasteiger partial charge in [0.2, 0.25) is 0 Å². The van der Waals surface area contributed by atoms with Crippen molar-refractivity contribution in [3.05, 3.63) is 34.9 Å². The molecule has 14 heavy (non-hydrogen) atoms. The van der Waals surface area contributed by atoms with Crippen LogP contribution in [0.25, 0.3) is 0 Å². The van der Waals surface area contributed by atoms with Gasteiger partial charge in [0, 0.05) is 0 Å². The highest BCUT2D eigenvalue weighted by Crippen LogP contribution is 2.31. The Morgan fingerprint density at radius 2 is 2.14 bits per heavy atom. The highest BCUT2D eigenvalue weighted by molar-refractivity contribution is 5.36. The molecule has 1 N–H and O–H groups in total. The first-order valence-corrected chi connectivity index (χ1v) is 5.49. The molecule has 0 saturated carbocycles. The molecule has 0 saturated heterocycles. The lowest BCUT2D eigenvalue weighted by atomic mass is 9.86. The van der Waals surface area contributed by atoms with Crippen molar-refractivity contribution in [2.75, 3.05) is 0 Å². The Bertz CT molecular complexity index is 328. The summed E-state index contributed by atoms with van der Waals surface area (Å²) in [6, 6.07) is 6.57. The summed E-state index contributed by atoms with van der Waals surface area (Å²) in [6.45, 7) is 4.38. The second-order valence-electron chi connectivity index (χ2n) is 4.52. The van der Waals surface area contributed by atoms with Crippen LogP contribution in [0.3, 0.4) is 0 Å². The summed E-state index contributed by atoms with van der Waals surface area (Å²) >= 11 is 0. The van der Waals surface area contributed by atoms with Crippen LogP contribution >= 0.6 is 0 Å². The number of hydrogen-bond donors (Lipinski definition) is 1. The second kappa shape index (κ2) is 3.74. The lowest BCUT2D eigenvalue weighted by Crippen LogP contribution is -2.09. The van der Waals surface area contributed by atoms with Crippen LogP contribution < -0.4 is 0 Å². The molecule has 1 aliphatic carbocycles. The fraction of sp³-hybridized carbons (Fsp3) is 0.538. The SMILES string of the molecule is CC(C)c1ccc2c(c1)[C@@H](O)CCC2. The fourth-order valence-electron chi connectivity index (χ4n) is 2.15. The van der Waals surface area contributed by atoms with Crippen LogP contribution in [-0.4, -0.2) is 5.11 Å².